The summed E-state index contributed by atoms with van der Waals surface area (Å²) in [5.41, 5.74) is 1.03. The Morgan fingerprint density at radius 1 is 1.48 bits per heavy atom. The van der Waals surface area contributed by atoms with Gasteiger partial charge in [-0.2, -0.15) is 0 Å². The first-order chi connectivity index (χ1) is 9.76. The smallest absolute Gasteiger partial charge is 0.244 e. The van der Waals surface area contributed by atoms with Crippen LogP contribution in [-0.4, -0.2) is 30.3 Å². The number of rotatable bonds is 6. The highest BCUT2D eigenvalue weighted by atomic mass is 16.5. The van der Waals surface area contributed by atoms with Gasteiger partial charge in [-0.05, 0) is 38.0 Å². The second-order valence-corrected chi connectivity index (χ2v) is 5.81. The molecule has 0 fully saturated rings. The molecule has 0 aliphatic rings. The standard InChI is InChI=1S/C17H25NO3/c1-12(2)17(4,20)11-18-16(19)9-7-14-10-13(3)6-8-15(14)21-5/h6-10,12,20H,11H2,1-5H3,(H,18,19). The first-order valence-electron chi connectivity index (χ1n) is 7.09. The van der Waals surface area contributed by atoms with Crippen LogP contribution in [0.25, 0.3) is 6.08 Å². The van der Waals surface area contributed by atoms with E-state index >= 15 is 0 Å². The number of amides is 1. The van der Waals surface area contributed by atoms with Crippen LogP contribution in [0.5, 0.6) is 5.75 Å². The Hall–Kier alpha value is -1.81. The zero-order valence-corrected chi connectivity index (χ0v) is 13.4. The van der Waals surface area contributed by atoms with E-state index in [2.05, 4.69) is 5.32 Å². The van der Waals surface area contributed by atoms with Gasteiger partial charge >= 0.3 is 0 Å². The highest BCUT2D eigenvalue weighted by Crippen LogP contribution is 2.21. The maximum atomic E-state index is 11.8. The fraction of sp³-hybridized carbons (Fsp3) is 0.471. The quantitative estimate of drug-likeness (QED) is 0.792. The molecule has 1 rings (SSSR count). The van der Waals surface area contributed by atoms with Crippen LogP contribution >= 0.6 is 0 Å². The molecule has 0 spiro atoms. The lowest BCUT2D eigenvalue weighted by Gasteiger charge is -2.27. The maximum absolute atomic E-state index is 11.8. The van der Waals surface area contributed by atoms with Crippen LogP contribution in [0.3, 0.4) is 0 Å². The van der Waals surface area contributed by atoms with Crippen molar-refractivity contribution in [2.75, 3.05) is 13.7 Å². The van der Waals surface area contributed by atoms with Gasteiger partial charge < -0.3 is 15.2 Å². The van der Waals surface area contributed by atoms with Gasteiger partial charge in [0.05, 0.1) is 12.7 Å². The zero-order chi connectivity index (χ0) is 16.0. The molecule has 1 amide bonds. The van der Waals surface area contributed by atoms with Gasteiger partial charge in [-0.15, -0.1) is 0 Å². The van der Waals surface area contributed by atoms with Crippen molar-refractivity contribution in [3.8, 4) is 5.75 Å². The molecule has 2 N–H and O–H groups in total. The Bertz CT molecular complexity index is 519. The fourth-order valence-electron chi connectivity index (χ4n) is 1.68. The third-order valence-electron chi connectivity index (χ3n) is 3.66. The molecule has 0 saturated carbocycles. The minimum absolute atomic E-state index is 0.0682. The normalized spacial score (nSPS) is 14.2. The molecule has 0 aliphatic heterocycles. The summed E-state index contributed by atoms with van der Waals surface area (Å²) >= 11 is 0. The third kappa shape index (κ3) is 5.23. The molecule has 0 saturated heterocycles. The van der Waals surface area contributed by atoms with Crippen LogP contribution in [0, 0.1) is 12.8 Å². The lowest BCUT2D eigenvalue weighted by atomic mass is 9.92. The van der Waals surface area contributed by atoms with Crippen molar-refractivity contribution in [1.29, 1.82) is 0 Å². The molecule has 1 aromatic carbocycles. The van der Waals surface area contributed by atoms with Crippen molar-refractivity contribution in [3.63, 3.8) is 0 Å². The summed E-state index contributed by atoms with van der Waals surface area (Å²) in [6.45, 7) is 7.75. The molecule has 4 nitrogen and oxygen atoms in total. The molecule has 0 aliphatic carbocycles. The SMILES string of the molecule is COc1ccc(C)cc1C=CC(=O)NCC(C)(O)C(C)C. The van der Waals surface area contributed by atoms with Crippen molar-refractivity contribution < 1.29 is 14.6 Å². The van der Waals surface area contributed by atoms with Crippen molar-refractivity contribution in [1.82, 2.24) is 5.32 Å². The minimum atomic E-state index is -0.912. The summed E-state index contributed by atoms with van der Waals surface area (Å²) in [4.78, 5) is 11.8. The van der Waals surface area contributed by atoms with E-state index in [1.165, 1.54) is 6.08 Å². The number of nitrogens with one attached hydrogen (secondary N) is 1. The van der Waals surface area contributed by atoms with Crippen molar-refractivity contribution in [2.24, 2.45) is 5.92 Å². The van der Waals surface area contributed by atoms with E-state index in [0.717, 1.165) is 16.9 Å². The largest absolute Gasteiger partial charge is 0.496 e. The van der Waals surface area contributed by atoms with E-state index in [4.69, 9.17) is 4.74 Å². The van der Waals surface area contributed by atoms with Gasteiger partial charge in [-0.25, -0.2) is 0 Å². The van der Waals surface area contributed by atoms with E-state index in [1.807, 2.05) is 39.0 Å². The molecule has 1 atom stereocenters. The second-order valence-electron chi connectivity index (χ2n) is 5.81. The van der Waals surface area contributed by atoms with Gasteiger partial charge in [0.1, 0.15) is 5.75 Å². The number of benzene rings is 1. The van der Waals surface area contributed by atoms with E-state index < -0.39 is 5.60 Å². The Morgan fingerprint density at radius 3 is 2.71 bits per heavy atom. The number of aliphatic hydroxyl groups is 1. The lowest BCUT2D eigenvalue weighted by Crippen LogP contribution is -2.43. The van der Waals surface area contributed by atoms with Crippen LogP contribution in [0.2, 0.25) is 0 Å². The number of ether oxygens (including phenoxy) is 1. The molecule has 116 valence electrons. The summed E-state index contributed by atoms with van der Waals surface area (Å²) in [6, 6.07) is 5.78. The Kier molecular flexibility index (Phi) is 5.97. The van der Waals surface area contributed by atoms with E-state index in [9.17, 15) is 9.90 Å². The number of hydrogen-bond donors (Lipinski definition) is 2. The number of aryl methyl sites for hydroxylation is 1. The number of methoxy groups -OCH3 is 1. The highest BCUT2D eigenvalue weighted by Gasteiger charge is 2.24. The van der Waals surface area contributed by atoms with Crippen LogP contribution in [0.4, 0.5) is 0 Å². The van der Waals surface area contributed by atoms with Gasteiger partial charge in [-0.1, -0.05) is 25.5 Å². The van der Waals surface area contributed by atoms with Gasteiger partial charge in [0.15, 0.2) is 0 Å². The Labute approximate surface area is 126 Å². The third-order valence-corrected chi connectivity index (χ3v) is 3.66. The van der Waals surface area contributed by atoms with Crippen molar-refractivity contribution >= 4 is 12.0 Å². The van der Waals surface area contributed by atoms with Crippen LogP contribution in [0.1, 0.15) is 31.9 Å². The summed E-state index contributed by atoms with van der Waals surface area (Å²) in [6.07, 6.45) is 3.17. The summed E-state index contributed by atoms with van der Waals surface area (Å²) in [5.74, 6) is 0.553. The van der Waals surface area contributed by atoms with Gasteiger partial charge in [0.2, 0.25) is 5.91 Å². The van der Waals surface area contributed by atoms with E-state index in [0.29, 0.717) is 0 Å². The van der Waals surface area contributed by atoms with Gasteiger partial charge in [-0.3, -0.25) is 4.79 Å². The average molecular weight is 291 g/mol. The molecule has 4 heteroatoms. The molecule has 0 aromatic heterocycles. The number of hydrogen-bond acceptors (Lipinski definition) is 3. The molecule has 0 radical (unpaired) electrons. The lowest BCUT2D eigenvalue weighted by molar-refractivity contribution is -0.118. The van der Waals surface area contributed by atoms with Crippen molar-refractivity contribution in [2.45, 2.75) is 33.3 Å². The predicted molar refractivity (Wildman–Crippen MR) is 85.2 cm³/mol. The molecular formula is C17H25NO3. The summed E-state index contributed by atoms with van der Waals surface area (Å²) in [7, 11) is 1.60. The maximum Gasteiger partial charge on any atom is 0.244 e. The molecule has 0 bridgehead atoms. The minimum Gasteiger partial charge on any atom is -0.496 e. The predicted octanol–water partition coefficient (Wildman–Crippen LogP) is 2.54. The first kappa shape index (κ1) is 17.2. The van der Waals surface area contributed by atoms with Crippen molar-refractivity contribution in [3.05, 3.63) is 35.4 Å². The average Bonchev–Trinajstić information content (AvgIpc) is 2.43. The zero-order valence-electron chi connectivity index (χ0n) is 13.4. The van der Waals surface area contributed by atoms with E-state index in [-0.39, 0.29) is 18.4 Å². The topological polar surface area (TPSA) is 58.6 Å². The molecule has 21 heavy (non-hydrogen) atoms. The molecule has 0 heterocycles. The fourth-order valence-corrected chi connectivity index (χ4v) is 1.68. The van der Waals surface area contributed by atoms with Gasteiger partial charge in [0.25, 0.3) is 0 Å². The van der Waals surface area contributed by atoms with Crippen LogP contribution in [0.15, 0.2) is 24.3 Å². The Morgan fingerprint density at radius 2 is 2.14 bits per heavy atom. The van der Waals surface area contributed by atoms with Crippen LogP contribution in [-0.2, 0) is 4.79 Å². The molecule has 1 unspecified atom stereocenters. The highest BCUT2D eigenvalue weighted by molar-refractivity contribution is 5.92. The molecular weight excluding hydrogens is 266 g/mol. The van der Waals surface area contributed by atoms with Crippen LogP contribution < -0.4 is 10.1 Å². The number of carbonyl (C=O) groups excluding carboxylic acids is 1. The second kappa shape index (κ2) is 7.27. The first-order valence-corrected chi connectivity index (χ1v) is 7.09. The summed E-state index contributed by atoms with van der Waals surface area (Å²) < 4.78 is 5.26. The monoisotopic (exact) mass is 291 g/mol. The van der Waals surface area contributed by atoms with E-state index in [1.54, 1.807) is 20.1 Å². The number of carbonyl (C=O) groups is 1. The Balaban J connectivity index is 2.69. The summed E-state index contributed by atoms with van der Waals surface area (Å²) in [5, 5.41) is 12.8. The van der Waals surface area contributed by atoms with Gasteiger partial charge in [0, 0.05) is 18.2 Å². The molecule has 1 aromatic rings.